The number of esters is 1. The Morgan fingerprint density at radius 1 is 1.11 bits per heavy atom. The van der Waals surface area contributed by atoms with E-state index in [0.717, 1.165) is 54.5 Å². The number of aryl methyl sites for hydroxylation is 1. The molecule has 2 aliphatic heterocycles. The van der Waals surface area contributed by atoms with Crippen molar-refractivity contribution in [1.82, 2.24) is 9.80 Å². The highest BCUT2D eigenvalue weighted by Gasteiger charge is 2.67. The third-order valence-corrected chi connectivity index (χ3v) is 11.0. The lowest BCUT2D eigenvalue weighted by Crippen LogP contribution is -2.70. The molecule has 3 aromatic rings. The Morgan fingerprint density at radius 2 is 1.91 bits per heavy atom. The molecule has 1 saturated carbocycles. The fourth-order valence-electron chi connectivity index (χ4n) is 9.28. The first-order valence-electron chi connectivity index (χ1n) is 17.2. The quantitative estimate of drug-likeness (QED) is 0.216. The molecular weight excluding hydrogens is 588 g/mol. The van der Waals surface area contributed by atoms with Crippen LogP contribution in [0.4, 0.5) is 0 Å². The van der Waals surface area contributed by atoms with Gasteiger partial charge in [0.2, 0.25) is 5.91 Å². The van der Waals surface area contributed by atoms with E-state index in [2.05, 4.69) is 56.0 Å². The zero-order chi connectivity index (χ0) is 32.9. The summed E-state index contributed by atoms with van der Waals surface area (Å²) < 4.78 is 13.0. The average molecular weight is 635 g/mol. The highest BCUT2D eigenvalue weighted by Crippen LogP contribution is 2.64. The lowest BCUT2D eigenvalue weighted by atomic mass is 9.51. The summed E-state index contributed by atoms with van der Waals surface area (Å²) in [6.07, 6.45) is 6.93. The second-order valence-corrected chi connectivity index (χ2v) is 14.4. The number of amides is 1. The van der Waals surface area contributed by atoms with Gasteiger partial charge >= 0.3 is 5.97 Å². The number of carbonyl (C=O) groups is 2. The first-order chi connectivity index (χ1) is 22.7. The number of carbonyl (C=O) groups excluding carboxylic acids is 2. The molecule has 7 nitrogen and oxygen atoms in total. The fraction of sp³-hybridized carbons (Fsp3) is 0.450. The maximum Gasteiger partial charge on any atom is 0.304 e. The SMILES string of the molecule is CC(=O)OC(Cc1ccccc1)N1CC[C@]23c4c5ccc(O)c4O[C@H]2[C@H](N(CC(C)C)C(=O)C=Cc2cccc(C)c2)CC[C@H]3[C@H]1C5. The number of phenols is 1. The molecule has 246 valence electrons. The van der Waals surface area contributed by atoms with Gasteiger partial charge in [-0.05, 0) is 73.3 Å². The number of hydrogen-bond acceptors (Lipinski definition) is 6. The van der Waals surface area contributed by atoms with E-state index in [1.165, 1.54) is 12.5 Å². The largest absolute Gasteiger partial charge is 0.504 e. The molecule has 1 amide bonds. The van der Waals surface area contributed by atoms with Crippen molar-refractivity contribution in [3.8, 4) is 11.5 Å². The molecule has 47 heavy (non-hydrogen) atoms. The summed E-state index contributed by atoms with van der Waals surface area (Å²) in [5, 5.41) is 11.1. The molecule has 1 N–H and O–H groups in total. The number of benzene rings is 3. The molecule has 0 radical (unpaired) electrons. The van der Waals surface area contributed by atoms with Crippen molar-refractivity contribution in [2.24, 2.45) is 11.8 Å². The molecule has 2 bridgehead atoms. The van der Waals surface area contributed by atoms with Crippen LogP contribution in [0, 0.1) is 18.8 Å². The van der Waals surface area contributed by atoms with Crippen LogP contribution in [0.15, 0.2) is 72.8 Å². The van der Waals surface area contributed by atoms with Crippen LogP contribution in [0.3, 0.4) is 0 Å². The van der Waals surface area contributed by atoms with Gasteiger partial charge in [0.05, 0.1) is 6.04 Å². The van der Waals surface area contributed by atoms with E-state index < -0.39 is 0 Å². The van der Waals surface area contributed by atoms with Crippen molar-refractivity contribution in [2.75, 3.05) is 13.1 Å². The van der Waals surface area contributed by atoms with Crippen LogP contribution < -0.4 is 4.74 Å². The Hall–Kier alpha value is -4.10. The minimum absolute atomic E-state index is 0.00774. The summed E-state index contributed by atoms with van der Waals surface area (Å²) in [4.78, 5) is 31.0. The Balaban J connectivity index is 1.25. The van der Waals surface area contributed by atoms with Gasteiger partial charge < -0.3 is 19.5 Å². The van der Waals surface area contributed by atoms with E-state index in [9.17, 15) is 14.7 Å². The standard InChI is InChI=1S/C40H46N2O5/c1-25(2)24-42(35(45)18-13-29-12-8-9-26(3)21-29)32-16-15-31-33-23-30-14-17-34(44)38-37(30)40(31,39(32)47-38)19-20-41(33)36(46-27(4)43)22-28-10-6-5-7-11-28/h5-14,17-18,21,25,31-33,36,39,44H,15-16,19-20,22-24H2,1-4H3/t31-,32+,33+,36?,39-,40-/m0/s1. The zero-order valence-corrected chi connectivity index (χ0v) is 27.9. The summed E-state index contributed by atoms with van der Waals surface area (Å²) in [5.41, 5.74) is 5.29. The second-order valence-electron chi connectivity index (χ2n) is 14.4. The van der Waals surface area contributed by atoms with Gasteiger partial charge in [0.1, 0.15) is 6.10 Å². The van der Waals surface area contributed by atoms with Gasteiger partial charge in [0.25, 0.3) is 0 Å². The zero-order valence-electron chi connectivity index (χ0n) is 27.9. The van der Waals surface area contributed by atoms with E-state index in [-0.39, 0.29) is 59.3 Å². The number of ether oxygens (including phenoxy) is 2. The summed E-state index contributed by atoms with van der Waals surface area (Å²) in [6.45, 7) is 9.21. The molecule has 1 unspecified atom stereocenters. The normalized spacial score (nSPS) is 26.5. The van der Waals surface area contributed by atoms with Gasteiger partial charge in [0, 0.05) is 49.5 Å². The minimum atomic E-state index is -0.375. The topological polar surface area (TPSA) is 79.3 Å². The number of likely N-dealkylation sites (tertiary alicyclic amines) is 1. The predicted octanol–water partition coefficient (Wildman–Crippen LogP) is 6.44. The number of hydrogen-bond donors (Lipinski definition) is 1. The van der Waals surface area contributed by atoms with Crippen LogP contribution in [0.2, 0.25) is 0 Å². The lowest BCUT2D eigenvalue weighted by Gasteiger charge is -2.61. The van der Waals surface area contributed by atoms with Crippen molar-refractivity contribution < 1.29 is 24.2 Å². The van der Waals surface area contributed by atoms with Gasteiger partial charge in [-0.2, -0.15) is 0 Å². The highest BCUT2D eigenvalue weighted by atomic mass is 16.6. The summed E-state index contributed by atoms with van der Waals surface area (Å²) >= 11 is 0. The van der Waals surface area contributed by atoms with Crippen molar-refractivity contribution in [2.45, 2.75) is 89.6 Å². The van der Waals surface area contributed by atoms with Crippen LogP contribution in [0.1, 0.15) is 67.9 Å². The maximum absolute atomic E-state index is 14.1. The molecule has 7 rings (SSSR count). The smallest absolute Gasteiger partial charge is 0.304 e. The van der Waals surface area contributed by atoms with E-state index in [0.29, 0.717) is 18.7 Å². The Morgan fingerprint density at radius 3 is 2.66 bits per heavy atom. The maximum atomic E-state index is 14.1. The first kappa shape index (κ1) is 31.5. The monoisotopic (exact) mass is 634 g/mol. The van der Waals surface area contributed by atoms with Gasteiger partial charge in [-0.1, -0.05) is 80.1 Å². The molecule has 0 aromatic heterocycles. The molecule has 2 aliphatic carbocycles. The average Bonchev–Trinajstić information content (AvgIpc) is 3.39. The molecule has 2 fully saturated rings. The summed E-state index contributed by atoms with van der Waals surface area (Å²) in [5.74, 6) is 1.00. The number of nitrogens with zero attached hydrogens (tertiary/aromatic N) is 2. The Bertz CT molecular complexity index is 1690. The van der Waals surface area contributed by atoms with Gasteiger partial charge in [-0.15, -0.1) is 0 Å². The Labute approximate surface area is 278 Å². The molecule has 7 heteroatoms. The molecule has 2 heterocycles. The third kappa shape index (κ3) is 5.62. The second kappa shape index (κ2) is 12.5. The van der Waals surface area contributed by atoms with Crippen LogP contribution >= 0.6 is 0 Å². The molecule has 1 saturated heterocycles. The number of piperidine rings is 1. The number of aromatic hydroxyl groups is 1. The molecule has 4 aliphatic rings. The summed E-state index contributed by atoms with van der Waals surface area (Å²) in [7, 11) is 0. The highest BCUT2D eigenvalue weighted by molar-refractivity contribution is 5.92. The van der Waals surface area contributed by atoms with Gasteiger partial charge in [0.15, 0.2) is 17.7 Å². The molecule has 6 atom stereocenters. The van der Waals surface area contributed by atoms with Crippen molar-refractivity contribution in [3.05, 3.63) is 101 Å². The van der Waals surface area contributed by atoms with Crippen molar-refractivity contribution >= 4 is 18.0 Å². The van der Waals surface area contributed by atoms with Crippen LogP contribution in [-0.2, 0) is 32.6 Å². The van der Waals surface area contributed by atoms with Gasteiger partial charge in [-0.3, -0.25) is 14.5 Å². The molecule has 3 aromatic carbocycles. The molecule has 1 spiro atoms. The predicted molar refractivity (Wildman–Crippen MR) is 182 cm³/mol. The first-order valence-corrected chi connectivity index (χ1v) is 17.2. The van der Waals surface area contributed by atoms with Gasteiger partial charge in [-0.25, -0.2) is 0 Å². The summed E-state index contributed by atoms with van der Waals surface area (Å²) in [6, 6.07) is 22.2. The Kier molecular flexibility index (Phi) is 8.37. The number of phenolic OH excluding ortho intramolecular Hbond substituents is 1. The van der Waals surface area contributed by atoms with Crippen LogP contribution in [0.25, 0.3) is 6.08 Å². The third-order valence-electron chi connectivity index (χ3n) is 11.0. The number of rotatable bonds is 9. The lowest BCUT2D eigenvalue weighted by molar-refractivity contribution is -0.173. The van der Waals surface area contributed by atoms with E-state index in [1.54, 1.807) is 12.1 Å². The van der Waals surface area contributed by atoms with Crippen molar-refractivity contribution in [1.29, 1.82) is 0 Å². The minimum Gasteiger partial charge on any atom is -0.504 e. The van der Waals surface area contributed by atoms with E-state index in [4.69, 9.17) is 9.47 Å². The van der Waals surface area contributed by atoms with E-state index in [1.807, 2.05) is 41.3 Å². The van der Waals surface area contributed by atoms with Crippen LogP contribution in [-0.4, -0.2) is 64.3 Å². The van der Waals surface area contributed by atoms with Crippen LogP contribution in [0.5, 0.6) is 11.5 Å². The fourth-order valence-corrected chi connectivity index (χ4v) is 9.28. The molecular formula is C40H46N2O5. The van der Waals surface area contributed by atoms with Crippen molar-refractivity contribution in [3.63, 3.8) is 0 Å². The van der Waals surface area contributed by atoms with E-state index >= 15 is 0 Å².